The maximum Gasteiger partial charge on any atom is 0.258 e. The standard InChI is InChI=1S/C8H6ClF2N3.ClH/c9-6-2-1-5-3-12-14(4-7(10)11)8(5)13-6;/h1-3,7H,4H2;1H. The third-order valence-electron chi connectivity index (χ3n) is 1.76. The molecule has 2 rings (SSSR count). The van der Waals surface area contributed by atoms with Gasteiger partial charge in [0.25, 0.3) is 6.43 Å². The van der Waals surface area contributed by atoms with Crippen LogP contribution in [0, 0.1) is 0 Å². The number of aromatic nitrogens is 3. The van der Waals surface area contributed by atoms with Crippen LogP contribution in [0.1, 0.15) is 0 Å². The van der Waals surface area contributed by atoms with E-state index in [2.05, 4.69) is 10.1 Å². The highest BCUT2D eigenvalue weighted by Gasteiger charge is 2.09. The molecule has 3 nitrogen and oxygen atoms in total. The normalized spacial score (nSPS) is 10.7. The van der Waals surface area contributed by atoms with Crippen LogP contribution in [-0.4, -0.2) is 21.2 Å². The quantitative estimate of drug-likeness (QED) is 0.771. The lowest BCUT2D eigenvalue weighted by atomic mass is 10.4. The third kappa shape index (κ3) is 2.54. The molecule has 0 aromatic carbocycles. The summed E-state index contributed by atoms with van der Waals surface area (Å²) in [5.74, 6) is 0. The molecule has 0 fully saturated rings. The van der Waals surface area contributed by atoms with E-state index in [1.165, 1.54) is 6.20 Å². The van der Waals surface area contributed by atoms with E-state index in [0.29, 0.717) is 11.0 Å². The fourth-order valence-corrected chi connectivity index (χ4v) is 1.34. The van der Waals surface area contributed by atoms with Gasteiger partial charge in [0.1, 0.15) is 11.7 Å². The zero-order valence-electron chi connectivity index (χ0n) is 7.40. The molecule has 0 amide bonds. The van der Waals surface area contributed by atoms with Crippen molar-refractivity contribution in [3.8, 4) is 0 Å². The molecule has 0 bridgehead atoms. The molecule has 2 aromatic rings. The van der Waals surface area contributed by atoms with E-state index >= 15 is 0 Å². The Balaban J connectivity index is 0.00000112. The molecule has 2 aromatic heterocycles. The molecule has 15 heavy (non-hydrogen) atoms. The number of fused-ring (bicyclic) bond motifs is 1. The molecule has 7 heteroatoms. The Hall–Kier alpha value is -0.940. The minimum atomic E-state index is -2.45. The fraction of sp³-hybridized carbons (Fsp3) is 0.250. The predicted molar refractivity (Wildman–Crippen MR) is 55.8 cm³/mol. The maximum absolute atomic E-state index is 12.1. The highest BCUT2D eigenvalue weighted by atomic mass is 35.5. The molecule has 0 atom stereocenters. The average Bonchev–Trinajstić information content (AvgIpc) is 2.47. The molecule has 0 saturated heterocycles. The van der Waals surface area contributed by atoms with Crippen LogP contribution in [0.15, 0.2) is 18.3 Å². The van der Waals surface area contributed by atoms with Gasteiger partial charge in [-0.05, 0) is 12.1 Å². The van der Waals surface area contributed by atoms with E-state index in [-0.39, 0.29) is 17.6 Å². The second-order valence-corrected chi connectivity index (χ2v) is 3.15. The summed E-state index contributed by atoms with van der Waals surface area (Å²) in [5, 5.41) is 4.77. The summed E-state index contributed by atoms with van der Waals surface area (Å²) >= 11 is 5.64. The number of alkyl halides is 2. The Kier molecular flexibility index (Phi) is 3.82. The SMILES string of the molecule is Cl.FC(F)Cn1ncc2ccc(Cl)nc21. The van der Waals surface area contributed by atoms with Crippen molar-refractivity contribution < 1.29 is 8.78 Å². The van der Waals surface area contributed by atoms with Crippen LogP contribution in [0.3, 0.4) is 0 Å². The minimum Gasteiger partial charge on any atom is -0.241 e. The van der Waals surface area contributed by atoms with Gasteiger partial charge in [-0.25, -0.2) is 18.4 Å². The predicted octanol–water partition coefficient (Wildman–Crippen LogP) is 2.77. The van der Waals surface area contributed by atoms with E-state index in [4.69, 9.17) is 11.6 Å². The van der Waals surface area contributed by atoms with Gasteiger partial charge < -0.3 is 0 Å². The van der Waals surface area contributed by atoms with Gasteiger partial charge in [0.05, 0.1) is 6.20 Å². The van der Waals surface area contributed by atoms with Crippen LogP contribution in [-0.2, 0) is 6.54 Å². The number of hydrogen-bond donors (Lipinski definition) is 0. The van der Waals surface area contributed by atoms with Gasteiger partial charge in [-0.1, -0.05) is 11.6 Å². The largest absolute Gasteiger partial charge is 0.258 e. The van der Waals surface area contributed by atoms with Gasteiger partial charge in [0, 0.05) is 5.39 Å². The van der Waals surface area contributed by atoms with Crippen molar-refractivity contribution in [2.24, 2.45) is 0 Å². The molecular formula is C8H7Cl2F2N3. The molecule has 2 heterocycles. The van der Waals surface area contributed by atoms with Crippen molar-refractivity contribution in [3.05, 3.63) is 23.5 Å². The average molecular weight is 254 g/mol. The minimum absolute atomic E-state index is 0. The second kappa shape index (κ2) is 4.72. The summed E-state index contributed by atoms with van der Waals surface area (Å²) < 4.78 is 25.4. The highest BCUT2D eigenvalue weighted by molar-refractivity contribution is 6.29. The smallest absolute Gasteiger partial charge is 0.241 e. The van der Waals surface area contributed by atoms with Crippen molar-refractivity contribution in [3.63, 3.8) is 0 Å². The Morgan fingerprint density at radius 2 is 2.13 bits per heavy atom. The first-order chi connectivity index (χ1) is 6.66. The lowest BCUT2D eigenvalue weighted by Gasteiger charge is -2.00. The van der Waals surface area contributed by atoms with Crippen molar-refractivity contribution in [1.82, 2.24) is 14.8 Å². The topological polar surface area (TPSA) is 30.7 Å². The van der Waals surface area contributed by atoms with Gasteiger partial charge in [-0.3, -0.25) is 0 Å². The van der Waals surface area contributed by atoms with E-state index in [9.17, 15) is 8.78 Å². The van der Waals surface area contributed by atoms with Crippen LogP contribution in [0.5, 0.6) is 0 Å². The maximum atomic E-state index is 12.1. The van der Waals surface area contributed by atoms with Crippen molar-refractivity contribution in [2.45, 2.75) is 13.0 Å². The first kappa shape index (κ1) is 12.1. The lowest BCUT2D eigenvalue weighted by Crippen LogP contribution is -2.08. The third-order valence-corrected chi connectivity index (χ3v) is 1.97. The van der Waals surface area contributed by atoms with Gasteiger partial charge in [0.15, 0.2) is 5.65 Å². The number of rotatable bonds is 2. The summed E-state index contributed by atoms with van der Waals surface area (Å²) in [6.45, 7) is -0.461. The van der Waals surface area contributed by atoms with Gasteiger partial charge >= 0.3 is 0 Å². The molecule has 0 aliphatic rings. The van der Waals surface area contributed by atoms with Crippen molar-refractivity contribution >= 4 is 35.0 Å². The number of nitrogens with zero attached hydrogens (tertiary/aromatic N) is 3. The summed E-state index contributed by atoms with van der Waals surface area (Å²) in [4.78, 5) is 3.92. The summed E-state index contributed by atoms with van der Waals surface area (Å²) in [6.07, 6.45) is -0.958. The summed E-state index contributed by atoms with van der Waals surface area (Å²) in [5.41, 5.74) is 0.387. The summed E-state index contributed by atoms with van der Waals surface area (Å²) in [7, 11) is 0. The van der Waals surface area contributed by atoms with Crippen molar-refractivity contribution in [2.75, 3.05) is 0 Å². The van der Waals surface area contributed by atoms with Gasteiger partial charge in [-0.15, -0.1) is 12.4 Å². The van der Waals surface area contributed by atoms with E-state index in [0.717, 1.165) is 4.68 Å². The molecule has 0 radical (unpaired) electrons. The van der Waals surface area contributed by atoms with Crippen LogP contribution in [0.25, 0.3) is 11.0 Å². The fourth-order valence-electron chi connectivity index (χ4n) is 1.19. The Morgan fingerprint density at radius 3 is 2.80 bits per heavy atom. The molecule has 0 aliphatic heterocycles. The Labute approximate surface area is 95.5 Å². The Morgan fingerprint density at radius 1 is 1.40 bits per heavy atom. The molecule has 0 saturated carbocycles. The highest BCUT2D eigenvalue weighted by Crippen LogP contribution is 2.15. The molecule has 0 spiro atoms. The number of halogens is 4. The molecular weight excluding hydrogens is 247 g/mol. The monoisotopic (exact) mass is 253 g/mol. The first-order valence-electron chi connectivity index (χ1n) is 3.93. The summed E-state index contributed by atoms with van der Waals surface area (Å²) in [6, 6.07) is 3.29. The van der Waals surface area contributed by atoms with Gasteiger partial charge in [0.2, 0.25) is 0 Å². The van der Waals surface area contributed by atoms with Crippen LogP contribution in [0.4, 0.5) is 8.78 Å². The zero-order chi connectivity index (χ0) is 10.1. The van der Waals surface area contributed by atoms with E-state index in [1.54, 1.807) is 12.1 Å². The van der Waals surface area contributed by atoms with Crippen LogP contribution < -0.4 is 0 Å². The molecule has 82 valence electrons. The van der Waals surface area contributed by atoms with E-state index in [1.807, 2.05) is 0 Å². The molecule has 0 N–H and O–H groups in total. The molecule has 0 aliphatic carbocycles. The Bertz CT molecular complexity index is 458. The lowest BCUT2D eigenvalue weighted by molar-refractivity contribution is 0.123. The first-order valence-corrected chi connectivity index (χ1v) is 4.31. The zero-order valence-corrected chi connectivity index (χ0v) is 8.97. The van der Waals surface area contributed by atoms with Crippen LogP contribution >= 0.6 is 24.0 Å². The van der Waals surface area contributed by atoms with Crippen LogP contribution in [0.2, 0.25) is 5.15 Å². The molecule has 0 unspecified atom stereocenters. The second-order valence-electron chi connectivity index (χ2n) is 2.76. The van der Waals surface area contributed by atoms with Gasteiger partial charge in [-0.2, -0.15) is 5.10 Å². The number of pyridine rings is 1. The number of hydrogen-bond acceptors (Lipinski definition) is 2. The van der Waals surface area contributed by atoms with Crippen molar-refractivity contribution in [1.29, 1.82) is 0 Å². The van der Waals surface area contributed by atoms with E-state index < -0.39 is 13.0 Å².